The van der Waals surface area contributed by atoms with Crippen LogP contribution >= 0.6 is 0 Å². The van der Waals surface area contributed by atoms with E-state index in [-0.39, 0.29) is 11.3 Å². The summed E-state index contributed by atoms with van der Waals surface area (Å²) in [5.74, 6) is 2.50. The minimum atomic E-state index is -0.370. The van der Waals surface area contributed by atoms with Gasteiger partial charge in [-0.15, -0.1) is 0 Å². The number of anilines is 1. The first-order chi connectivity index (χ1) is 14.3. The van der Waals surface area contributed by atoms with Crippen LogP contribution in [-0.2, 0) is 4.79 Å². The molecular formula is C22H30N4O4. The summed E-state index contributed by atoms with van der Waals surface area (Å²) in [6.07, 6.45) is 1.74. The van der Waals surface area contributed by atoms with Gasteiger partial charge in [-0.3, -0.25) is 4.79 Å². The number of rotatable bonds is 5. The fourth-order valence-corrected chi connectivity index (χ4v) is 3.47. The fraction of sp³-hybridized carbons (Fsp3) is 0.500. The molecule has 1 fully saturated rings. The predicted molar refractivity (Wildman–Crippen MR) is 115 cm³/mol. The number of carbonyl (C=O) groups excluding carboxylic acids is 1. The van der Waals surface area contributed by atoms with E-state index < -0.39 is 0 Å². The van der Waals surface area contributed by atoms with Crippen LogP contribution in [0.1, 0.15) is 20.8 Å². The molecule has 0 aliphatic carbocycles. The third-order valence-corrected chi connectivity index (χ3v) is 5.09. The minimum absolute atomic E-state index is 0.175. The second-order valence-electron chi connectivity index (χ2n) is 8.19. The fourth-order valence-electron chi connectivity index (χ4n) is 3.47. The van der Waals surface area contributed by atoms with E-state index in [2.05, 4.69) is 9.88 Å². The SMILES string of the molecule is COc1cc(-c2ccnc(N3CCN(C(=O)C(C)(C)C)CC3)n2)cc(OC)c1OC. The Kier molecular flexibility index (Phi) is 6.34. The minimum Gasteiger partial charge on any atom is -0.493 e. The molecule has 1 saturated heterocycles. The van der Waals surface area contributed by atoms with Gasteiger partial charge in [0, 0.05) is 43.4 Å². The zero-order chi connectivity index (χ0) is 21.9. The highest BCUT2D eigenvalue weighted by Gasteiger charge is 2.30. The molecule has 30 heavy (non-hydrogen) atoms. The topological polar surface area (TPSA) is 77.0 Å². The van der Waals surface area contributed by atoms with Gasteiger partial charge in [0.15, 0.2) is 11.5 Å². The van der Waals surface area contributed by atoms with E-state index in [1.54, 1.807) is 27.5 Å². The molecule has 162 valence electrons. The number of ether oxygens (including phenoxy) is 3. The van der Waals surface area contributed by atoms with Crippen molar-refractivity contribution in [3.8, 4) is 28.5 Å². The first-order valence-electron chi connectivity index (χ1n) is 9.96. The monoisotopic (exact) mass is 414 g/mol. The quantitative estimate of drug-likeness (QED) is 0.744. The van der Waals surface area contributed by atoms with Crippen LogP contribution in [0.5, 0.6) is 17.2 Å². The van der Waals surface area contributed by atoms with E-state index in [4.69, 9.17) is 19.2 Å². The van der Waals surface area contributed by atoms with Gasteiger partial charge in [0.05, 0.1) is 27.0 Å². The Bertz CT molecular complexity index is 877. The average molecular weight is 415 g/mol. The zero-order valence-corrected chi connectivity index (χ0v) is 18.6. The lowest BCUT2D eigenvalue weighted by molar-refractivity contribution is -0.139. The van der Waals surface area contributed by atoms with Crippen molar-refractivity contribution < 1.29 is 19.0 Å². The molecule has 0 radical (unpaired) electrons. The Balaban J connectivity index is 1.82. The van der Waals surface area contributed by atoms with Crippen molar-refractivity contribution in [1.29, 1.82) is 0 Å². The summed E-state index contributed by atoms with van der Waals surface area (Å²) in [7, 11) is 4.75. The van der Waals surface area contributed by atoms with Crippen molar-refractivity contribution in [3.05, 3.63) is 24.4 Å². The number of hydrogen-bond donors (Lipinski definition) is 0. The van der Waals surface area contributed by atoms with Crippen LogP contribution in [0.4, 0.5) is 5.95 Å². The van der Waals surface area contributed by atoms with Gasteiger partial charge in [-0.05, 0) is 18.2 Å². The van der Waals surface area contributed by atoms with Gasteiger partial charge in [0.1, 0.15) is 0 Å². The highest BCUT2D eigenvalue weighted by molar-refractivity contribution is 5.81. The highest BCUT2D eigenvalue weighted by Crippen LogP contribution is 2.40. The van der Waals surface area contributed by atoms with E-state index in [9.17, 15) is 4.79 Å². The van der Waals surface area contributed by atoms with Crippen molar-refractivity contribution in [2.45, 2.75) is 20.8 Å². The van der Waals surface area contributed by atoms with Gasteiger partial charge in [0.2, 0.25) is 17.6 Å². The zero-order valence-electron chi connectivity index (χ0n) is 18.6. The third-order valence-electron chi connectivity index (χ3n) is 5.09. The van der Waals surface area contributed by atoms with Crippen molar-refractivity contribution in [2.75, 3.05) is 52.4 Å². The van der Waals surface area contributed by atoms with E-state index in [1.807, 2.05) is 43.9 Å². The molecular weight excluding hydrogens is 384 g/mol. The molecule has 8 nitrogen and oxygen atoms in total. The Hall–Kier alpha value is -3.03. The Morgan fingerprint density at radius 2 is 1.57 bits per heavy atom. The Labute approximate surface area is 177 Å². The van der Waals surface area contributed by atoms with Crippen molar-refractivity contribution >= 4 is 11.9 Å². The molecule has 0 spiro atoms. The molecule has 0 atom stereocenters. The standard InChI is InChI=1S/C22H30N4O4/c1-22(2,3)20(27)25-9-11-26(12-10-25)21-23-8-7-16(24-21)15-13-17(28-4)19(30-6)18(14-15)29-5/h7-8,13-14H,9-12H2,1-6H3. The maximum Gasteiger partial charge on any atom is 0.228 e. The Morgan fingerprint density at radius 1 is 0.967 bits per heavy atom. The highest BCUT2D eigenvalue weighted by atomic mass is 16.5. The first kappa shape index (κ1) is 21.7. The van der Waals surface area contributed by atoms with Crippen LogP contribution in [0.3, 0.4) is 0 Å². The van der Waals surface area contributed by atoms with Gasteiger partial charge in [-0.2, -0.15) is 0 Å². The van der Waals surface area contributed by atoms with E-state index >= 15 is 0 Å². The first-order valence-corrected chi connectivity index (χ1v) is 9.96. The summed E-state index contributed by atoms with van der Waals surface area (Å²) in [4.78, 5) is 25.7. The molecule has 1 aromatic carbocycles. The van der Waals surface area contributed by atoms with E-state index in [0.717, 1.165) is 11.3 Å². The van der Waals surface area contributed by atoms with Gasteiger partial charge in [0.25, 0.3) is 0 Å². The molecule has 1 aliphatic heterocycles. The maximum absolute atomic E-state index is 12.5. The molecule has 0 unspecified atom stereocenters. The molecule has 0 bridgehead atoms. The summed E-state index contributed by atoms with van der Waals surface area (Å²) in [5.41, 5.74) is 1.23. The molecule has 1 amide bonds. The molecule has 0 N–H and O–H groups in total. The van der Waals surface area contributed by atoms with Crippen LogP contribution in [0.2, 0.25) is 0 Å². The lowest BCUT2D eigenvalue weighted by Gasteiger charge is -2.37. The third kappa shape index (κ3) is 4.42. The normalized spacial score (nSPS) is 14.5. The van der Waals surface area contributed by atoms with Crippen molar-refractivity contribution in [2.24, 2.45) is 5.41 Å². The Morgan fingerprint density at radius 3 is 2.07 bits per heavy atom. The van der Waals surface area contributed by atoms with Gasteiger partial charge in [-0.1, -0.05) is 20.8 Å². The lowest BCUT2D eigenvalue weighted by Crippen LogP contribution is -2.52. The van der Waals surface area contributed by atoms with Gasteiger partial charge < -0.3 is 24.0 Å². The number of hydrogen-bond acceptors (Lipinski definition) is 7. The van der Waals surface area contributed by atoms with Gasteiger partial charge in [-0.25, -0.2) is 9.97 Å². The smallest absolute Gasteiger partial charge is 0.228 e. The van der Waals surface area contributed by atoms with E-state index in [0.29, 0.717) is 49.4 Å². The summed E-state index contributed by atoms with van der Waals surface area (Å²) in [5, 5.41) is 0. The molecule has 2 aromatic rings. The average Bonchev–Trinajstić information content (AvgIpc) is 2.77. The molecule has 8 heteroatoms. The molecule has 1 aliphatic rings. The van der Waals surface area contributed by atoms with Crippen LogP contribution in [0, 0.1) is 5.41 Å². The number of benzene rings is 1. The summed E-state index contributed by atoms with van der Waals surface area (Å²) < 4.78 is 16.3. The number of amides is 1. The van der Waals surface area contributed by atoms with Crippen LogP contribution < -0.4 is 19.1 Å². The number of nitrogens with zero attached hydrogens (tertiary/aromatic N) is 4. The van der Waals surface area contributed by atoms with Gasteiger partial charge >= 0.3 is 0 Å². The predicted octanol–water partition coefficient (Wildman–Crippen LogP) is 2.86. The lowest BCUT2D eigenvalue weighted by atomic mass is 9.94. The number of aromatic nitrogens is 2. The number of carbonyl (C=O) groups is 1. The summed E-state index contributed by atoms with van der Waals surface area (Å²) in [6.45, 7) is 8.56. The second-order valence-corrected chi connectivity index (χ2v) is 8.19. The number of methoxy groups -OCH3 is 3. The maximum atomic E-state index is 12.5. The van der Waals surface area contributed by atoms with E-state index in [1.165, 1.54) is 0 Å². The van der Waals surface area contributed by atoms with Crippen molar-refractivity contribution in [1.82, 2.24) is 14.9 Å². The second kappa shape index (κ2) is 8.77. The number of piperazine rings is 1. The summed E-state index contributed by atoms with van der Waals surface area (Å²) >= 11 is 0. The van der Waals surface area contributed by atoms with Crippen LogP contribution in [0.25, 0.3) is 11.3 Å². The molecule has 2 heterocycles. The largest absolute Gasteiger partial charge is 0.493 e. The van der Waals surface area contributed by atoms with Crippen LogP contribution in [0.15, 0.2) is 24.4 Å². The molecule has 1 aromatic heterocycles. The van der Waals surface area contributed by atoms with Crippen LogP contribution in [-0.4, -0.2) is 68.3 Å². The van der Waals surface area contributed by atoms with Crippen molar-refractivity contribution in [3.63, 3.8) is 0 Å². The molecule has 3 rings (SSSR count). The summed E-state index contributed by atoms with van der Waals surface area (Å²) in [6, 6.07) is 5.59. The molecule has 0 saturated carbocycles.